The van der Waals surface area contributed by atoms with Gasteiger partial charge in [-0.15, -0.1) is 30.6 Å². The number of rotatable bonds is 5. The van der Waals surface area contributed by atoms with Crippen molar-refractivity contribution in [3.8, 4) is 0 Å². The molecule has 2 unspecified atom stereocenters. The van der Waals surface area contributed by atoms with E-state index in [0.717, 1.165) is 12.8 Å². The van der Waals surface area contributed by atoms with E-state index in [2.05, 4.69) is 34.2 Å². The number of nitrogens with zero attached hydrogens (tertiary/aromatic N) is 3. The first-order valence-corrected chi connectivity index (χ1v) is 8.59. The second kappa shape index (κ2) is 10.2. The smallest absolute Gasteiger partial charge is 0.243 e. The second-order valence-electron chi connectivity index (χ2n) is 6.84. The second-order valence-corrected chi connectivity index (χ2v) is 6.84. The molecule has 0 aromatic rings. The van der Waals surface area contributed by atoms with Gasteiger partial charge in [0, 0.05) is 38.8 Å². The van der Waals surface area contributed by atoms with E-state index in [-0.39, 0.29) is 36.4 Å². The van der Waals surface area contributed by atoms with Crippen molar-refractivity contribution < 1.29 is 4.79 Å². The minimum Gasteiger partial charge on any atom is -0.354 e. The molecular formula is C17H32IN5O. The number of guanidine groups is 1. The molecule has 2 rings (SSSR count). The van der Waals surface area contributed by atoms with Gasteiger partial charge in [-0.2, -0.15) is 0 Å². The summed E-state index contributed by atoms with van der Waals surface area (Å²) in [7, 11) is 5.76. The molecule has 0 aromatic heterocycles. The Hall–Kier alpha value is -0.830. The molecule has 2 aliphatic rings. The van der Waals surface area contributed by atoms with Crippen LogP contribution in [0.3, 0.4) is 0 Å². The van der Waals surface area contributed by atoms with Crippen molar-refractivity contribution in [3.05, 3.63) is 12.7 Å². The summed E-state index contributed by atoms with van der Waals surface area (Å²) in [5.74, 6) is 0.720. The van der Waals surface area contributed by atoms with Crippen LogP contribution in [0.2, 0.25) is 0 Å². The third-order valence-corrected chi connectivity index (χ3v) is 4.97. The summed E-state index contributed by atoms with van der Waals surface area (Å²) in [4.78, 5) is 20.3. The van der Waals surface area contributed by atoms with Crippen molar-refractivity contribution in [2.24, 2.45) is 4.99 Å². The molecule has 0 radical (unpaired) electrons. The summed E-state index contributed by atoms with van der Waals surface area (Å²) in [6.45, 7) is 4.54. The standard InChI is InChI=1S/C17H31N5O.HI/c1-5-9-18-17(19-12-16(23)21(2)3)20-13-10-14-7-6-8-15(11-13)22(14)4;/h5,13-15H,1,6-12H2,2-4H3,(H2,18,19,20);1H. The highest BCUT2D eigenvalue weighted by Gasteiger charge is 2.36. The molecule has 24 heavy (non-hydrogen) atoms. The zero-order valence-electron chi connectivity index (χ0n) is 15.1. The fourth-order valence-corrected chi connectivity index (χ4v) is 3.54. The van der Waals surface area contributed by atoms with Crippen LogP contribution in [-0.4, -0.2) is 74.0 Å². The Morgan fingerprint density at radius 3 is 2.50 bits per heavy atom. The molecule has 0 aromatic carbocycles. The molecule has 2 saturated heterocycles. The summed E-state index contributed by atoms with van der Waals surface area (Å²) in [5, 5.41) is 6.75. The molecule has 0 saturated carbocycles. The van der Waals surface area contributed by atoms with E-state index in [4.69, 9.17) is 0 Å². The lowest BCUT2D eigenvalue weighted by molar-refractivity contribution is -0.127. The maximum absolute atomic E-state index is 11.8. The van der Waals surface area contributed by atoms with Crippen LogP contribution in [0.25, 0.3) is 0 Å². The van der Waals surface area contributed by atoms with Crippen molar-refractivity contribution in [1.29, 1.82) is 0 Å². The van der Waals surface area contributed by atoms with Crippen LogP contribution in [-0.2, 0) is 4.79 Å². The number of carbonyl (C=O) groups is 1. The number of hydrogen-bond donors (Lipinski definition) is 2. The van der Waals surface area contributed by atoms with E-state index in [1.807, 2.05) is 0 Å². The number of likely N-dealkylation sites (N-methyl/N-ethyl adjacent to an activating group) is 1. The zero-order valence-corrected chi connectivity index (χ0v) is 17.5. The lowest BCUT2D eigenvalue weighted by atomic mass is 9.82. The molecule has 0 spiro atoms. The molecule has 2 N–H and O–H groups in total. The van der Waals surface area contributed by atoms with E-state index in [1.54, 1.807) is 25.1 Å². The minimum atomic E-state index is 0. The lowest BCUT2D eigenvalue weighted by Crippen LogP contribution is -2.56. The summed E-state index contributed by atoms with van der Waals surface area (Å²) in [5.41, 5.74) is 0. The number of nitrogens with one attached hydrogen (secondary N) is 2. The highest BCUT2D eigenvalue weighted by Crippen LogP contribution is 2.32. The van der Waals surface area contributed by atoms with Gasteiger partial charge in [0.15, 0.2) is 5.96 Å². The Morgan fingerprint density at radius 1 is 1.33 bits per heavy atom. The van der Waals surface area contributed by atoms with Crippen LogP contribution in [0.5, 0.6) is 0 Å². The fourth-order valence-electron chi connectivity index (χ4n) is 3.54. The Bertz CT molecular complexity index is 440. The maximum Gasteiger partial charge on any atom is 0.243 e. The summed E-state index contributed by atoms with van der Waals surface area (Å²) >= 11 is 0. The van der Waals surface area contributed by atoms with Gasteiger partial charge in [-0.25, -0.2) is 4.99 Å². The van der Waals surface area contributed by atoms with Crippen LogP contribution in [0.1, 0.15) is 32.1 Å². The Kier molecular flexibility index (Phi) is 9.04. The van der Waals surface area contributed by atoms with Crippen molar-refractivity contribution >= 4 is 35.8 Å². The Labute approximate surface area is 163 Å². The Morgan fingerprint density at radius 2 is 1.96 bits per heavy atom. The summed E-state index contributed by atoms with van der Waals surface area (Å²) < 4.78 is 0. The predicted molar refractivity (Wildman–Crippen MR) is 110 cm³/mol. The zero-order chi connectivity index (χ0) is 16.8. The first-order valence-electron chi connectivity index (χ1n) is 8.59. The van der Waals surface area contributed by atoms with E-state index in [0.29, 0.717) is 30.6 Å². The van der Waals surface area contributed by atoms with Crippen LogP contribution in [0.4, 0.5) is 0 Å². The van der Waals surface area contributed by atoms with Gasteiger partial charge in [0.1, 0.15) is 6.54 Å². The number of fused-ring (bicyclic) bond motifs is 2. The largest absolute Gasteiger partial charge is 0.354 e. The maximum atomic E-state index is 11.8. The average Bonchev–Trinajstić information content (AvgIpc) is 2.50. The lowest BCUT2D eigenvalue weighted by Gasteiger charge is -2.47. The van der Waals surface area contributed by atoms with Gasteiger partial charge >= 0.3 is 0 Å². The monoisotopic (exact) mass is 449 g/mol. The molecule has 2 bridgehead atoms. The van der Waals surface area contributed by atoms with Crippen LogP contribution >= 0.6 is 24.0 Å². The molecule has 7 heteroatoms. The third-order valence-electron chi connectivity index (χ3n) is 4.97. The van der Waals surface area contributed by atoms with Crippen molar-refractivity contribution in [2.75, 3.05) is 34.2 Å². The summed E-state index contributed by atoms with van der Waals surface area (Å²) in [6, 6.07) is 1.76. The van der Waals surface area contributed by atoms with Crippen molar-refractivity contribution in [1.82, 2.24) is 20.4 Å². The number of piperidine rings is 2. The van der Waals surface area contributed by atoms with Crippen molar-refractivity contribution in [3.63, 3.8) is 0 Å². The van der Waals surface area contributed by atoms with Crippen LogP contribution in [0.15, 0.2) is 17.6 Å². The number of amides is 1. The van der Waals surface area contributed by atoms with Gasteiger partial charge in [-0.1, -0.05) is 12.5 Å². The molecule has 2 fully saturated rings. The molecule has 138 valence electrons. The van der Waals surface area contributed by atoms with E-state index < -0.39 is 0 Å². The van der Waals surface area contributed by atoms with Gasteiger partial charge in [0.05, 0.1) is 0 Å². The van der Waals surface area contributed by atoms with E-state index >= 15 is 0 Å². The van der Waals surface area contributed by atoms with Gasteiger partial charge in [-0.3, -0.25) is 4.79 Å². The first-order chi connectivity index (χ1) is 11.0. The topological polar surface area (TPSA) is 60.0 Å². The number of aliphatic imine (C=N–C) groups is 1. The average molecular weight is 449 g/mol. The van der Waals surface area contributed by atoms with E-state index in [1.165, 1.54) is 19.3 Å². The van der Waals surface area contributed by atoms with Crippen LogP contribution in [0, 0.1) is 0 Å². The fraction of sp³-hybridized carbons (Fsp3) is 0.765. The highest BCUT2D eigenvalue weighted by molar-refractivity contribution is 14.0. The van der Waals surface area contributed by atoms with Crippen LogP contribution < -0.4 is 10.6 Å². The van der Waals surface area contributed by atoms with Gasteiger partial charge in [0.25, 0.3) is 0 Å². The molecule has 2 heterocycles. The molecule has 1 amide bonds. The Balaban J connectivity index is 0.00000288. The summed E-state index contributed by atoms with van der Waals surface area (Å²) in [6.07, 6.45) is 8.01. The van der Waals surface area contributed by atoms with Gasteiger partial charge in [0.2, 0.25) is 5.91 Å². The van der Waals surface area contributed by atoms with Crippen molar-refractivity contribution in [2.45, 2.75) is 50.2 Å². The normalized spacial score (nSPS) is 27.0. The third kappa shape index (κ3) is 5.91. The molecule has 0 aliphatic carbocycles. The van der Waals surface area contributed by atoms with Gasteiger partial charge in [-0.05, 0) is 32.7 Å². The molecule has 6 nitrogen and oxygen atoms in total. The number of halogens is 1. The number of hydrogen-bond acceptors (Lipinski definition) is 3. The number of carbonyl (C=O) groups excluding carboxylic acids is 1. The minimum absolute atomic E-state index is 0. The highest BCUT2D eigenvalue weighted by atomic mass is 127. The SMILES string of the molecule is C=CCNC(=NCC(=O)N(C)C)NC1CC2CCCC(C1)N2C.I. The molecule has 2 aliphatic heterocycles. The van der Waals surface area contributed by atoms with E-state index in [9.17, 15) is 4.79 Å². The first kappa shape index (κ1) is 21.2. The quantitative estimate of drug-likeness (QED) is 0.289. The molecule has 2 atom stereocenters. The van der Waals surface area contributed by atoms with Gasteiger partial charge < -0.3 is 20.4 Å². The molecular weight excluding hydrogens is 417 g/mol. The predicted octanol–water partition coefficient (Wildman–Crippen LogP) is 1.43.